The van der Waals surface area contributed by atoms with E-state index < -0.39 is 0 Å². The monoisotopic (exact) mass is 896 g/mol. The van der Waals surface area contributed by atoms with Crippen molar-refractivity contribution in [2.75, 3.05) is 0 Å². The van der Waals surface area contributed by atoms with Gasteiger partial charge in [-0.15, -0.1) is 34.0 Å². The smallest absolute Gasteiger partial charge is 0.236 e. The van der Waals surface area contributed by atoms with Gasteiger partial charge in [0.25, 0.3) is 0 Å². The van der Waals surface area contributed by atoms with Gasteiger partial charge in [0, 0.05) is 98.9 Å². The minimum absolute atomic E-state index is 1.01. The number of para-hydroxylation sites is 3. The first-order valence-corrected chi connectivity index (χ1v) is 24.8. The van der Waals surface area contributed by atoms with E-state index in [1.54, 1.807) is 0 Å². The molecule has 0 radical (unpaired) electrons. The Balaban J connectivity index is 1.07. The van der Waals surface area contributed by atoms with Gasteiger partial charge in [-0.3, -0.25) is 9.13 Å². The molecule has 9 aromatic carbocycles. The standard InChI is InChI=1S/C58H33N5S3/c1-7-19-44-32(13-1)38-28-54-41(35-16-4-10-22-51(35)64-54)25-47(38)61(44)50-31-57(62-45-20-8-2-14-33(45)39-29-55-42(26-48(39)62)36-17-5-11-23-52(36)65-55)59-60-58(50)63-46-21-9-3-15-34(46)40-30-56-43(27-49(40)63)37-18-6-12-24-53(37)66-56/h1-31,59-60H/p+1. The van der Waals surface area contributed by atoms with E-state index in [2.05, 4.69) is 213 Å². The lowest BCUT2D eigenvalue weighted by molar-refractivity contribution is -0.618. The highest BCUT2D eigenvalue weighted by Gasteiger charge is 2.29. The molecule has 6 aromatic heterocycles. The van der Waals surface area contributed by atoms with Crippen molar-refractivity contribution in [3.8, 4) is 0 Å². The van der Waals surface area contributed by atoms with E-state index in [1.165, 1.54) is 120 Å². The molecule has 15 aromatic rings. The van der Waals surface area contributed by atoms with Crippen LogP contribution in [0, 0.1) is 0 Å². The second-order valence-corrected chi connectivity index (χ2v) is 20.8. The summed E-state index contributed by atoms with van der Waals surface area (Å²) in [5.41, 5.74) is 14.4. The van der Waals surface area contributed by atoms with Crippen LogP contribution in [0.3, 0.4) is 0 Å². The Bertz CT molecular complexity index is 4710. The predicted molar refractivity (Wildman–Crippen MR) is 286 cm³/mol. The fourth-order valence-electron chi connectivity index (χ4n) is 11.3. The highest BCUT2D eigenvalue weighted by molar-refractivity contribution is 7.26. The molecular weight excluding hydrogens is 863 g/mol. The molecule has 1 aliphatic rings. The molecule has 0 bridgehead atoms. The Hall–Kier alpha value is -7.72. The van der Waals surface area contributed by atoms with Crippen LogP contribution in [0.4, 0.5) is 0 Å². The molecule has 0 atom stereocenters. The summed E-state index contributed by atoms with van der Waals surface area (Å²) in [6, 6.07) is 67.9. The number of nitrogens with one attached hydrogen (secondary N) is 1. The van der Waals surface area contributed by atoms with Crippen molar-refractivity contribution in [3.63, 3.8) is 0 Å². The number of fused-ring (bicyclic) bond motifs is 18. The van der Waals surface area contributed by atoms with Gasteiger partial charge in [-0.2, -0.15) is 5.43 Å². The molecule has 1 aliphatic heterocycles. The average molecular weight is 897 g/mol. The highest BCUT2D eigenvalue weighted by atomic mass is 32.1. The first-order valence-electron chi connectivity index (χ1n) is 22.3. The maximum absolute atomic E-state index is 4.06. The maximum atomic E-state index is 4.06. The molecule has 0 saturated heterocycles. The van der Waals surface area contributed by atoms with Gasteiger partial charge >= 0.3 is 0 Å². The average Bonchev–Trinajstić information content (AvgIpc) is 4.21. The van der Waals surface area contributed by atoms with Crippen molar-refractivity contribution >= 4 is 177 Å². The minimum Gasteiger partial charge on any atom is -0.305 e. The molecule has 16 rings (SSSR count). The van der Waals surface area contributed by atoms with Gasteiger partial charge < -0.3 is 4.57 Å². The Kier molecular flexibility index (Phi) is 7.00. The molecule has 0 aliphatic carbocycles. The number of hydrogen-bond donors (Lipinski definition) is 2. The first-order chi connectivity index (χ1) is 32.7. The van der Waals surface area contributed by atoms with Gasteiger partial charge in [-0.05, 0) is 72.8 Å². The van der Waals surface area contributed by atoms with Crippen molar-refractivity contribution in [1.29, 1.82) is 0 Å². The molecular formula is C58H34N5S3+. The number of nitrogens with two attached hydrogens (primary N) is 1. The van der Waals surface area contributed by atoms with Crippen molar-refractivity contribution in [3.05, 3.63) is 188 Å². The van der Waals surface area contributed by atoms with Gasteiger partial charge in [0.2, 0.25) is 5.82 Å². The summed E-state index contributed by atoms with van der Waals surface area (Å²) in [7, 11) is 0. The Labute approximate surface area is 387 Å². The van der Waals surface area contributed by atoms with Crippen molar-refractivity contribution < 1.29 is 5.43 Å². The Morgan fingerprint density at radius 2 is 0.667 bits per heavy atom. The molecule has 0 unspecified atom stereocenters. The fraction of sp³-hybridized carbons (Fsp3) is 0. The minimum atomic E-state index is 1.01. The summed E-state index contributed by atoms with van der Waals surface area (Å²) < 4.78 is 15.3. The molecule has 0 amide bonds. The number of quaternary nitrogens is 1. The number of nitrogens with zero attached hydrogens (tertiary/aromatic N) is 3. The van der Waals surface area contributed by atoms with Crippen LogP contribution in [0.25, 0.3) is 143 Å². The van der Waals surface area contributed by atoms with E-state index in [0.717, 1.165) is 22.9 Å². The second-order valence-electron chi connectivity index (χ2n) is 17.5. The molecule has 7 heterocycles. The number of hydrogen-bond acceptors (Lipinski definition) is 4. The fourth-order valence-corrected chi connectivity index (χ4v) is 14.7. The molecule has 0 saturated carbocycles. The second kappa shape index (κ2) is 13.0. The third-order valence-electron chi connectivity index (χ3n) is 14.1. The van der Waals surface area contributed by atoms with Crippen LogP contribution < -0.4 is 10.9 Å². The third kappa shape index (κ3) is 4.70. The lowest BCUT2D eigenvalue weighted by Crippen LogP contribution is -2.91. The zero-order chi connectivity index (χ0) is 42.8. The normalized spacial score (nSPS) is 13.8. The van der Waals surface area contributed by atoms with Crippen LogP contribution >= 0.6 is 34.0 Å². The Morgan fingerprint density at radius 3 is 1.14 bits per heavy atom. The van der Waals surface area contributed by atoms with Gasteiger partial charge in [-0.1, -0.05) is 109 Å². The predicted octanol–water partition coefficient (Wildman–Crippen LogP) is 15.5. The SMILES string of the molecule is C1=C(n2c3ccccc3c3cc4sc5ccccc5c4cc32)[NH2+]NC(n2c3ccccc3c3cc4sc5ccccc5c4cc32)=C1n1c2ccccc2c2cc3sc4ccccc4c3cc21. The van der Waals surface area contributed by atoms with Crippen LogP contribution in [0.5, 0.6) is 0 Å². The van der Waals surface area contributed by atoms with Crippen LogP contribution in [0.1, 0.15) is 0 Å². The molecule has 3 N–H and O–H groups in total. The number of allylic oxidation sites excluding steroid dienone is 2. The van der Waals surface area contributed by atoms with Crippen LogP contribution in [-0.4, -0.2) is 13.7 Å². The number of thiophene rings is 3. The van der Waals surface area contributed by atoms with Crippen molar-refractivity contribution in [2.24, 2.45) is 0 Å². The summed E-state index contributed by atoms with van der Waals surface area (Å²) in [5.74, 6) is 2.08. The third-order valence-corrected chi connectivity index (χ3v) is 17.5. The lowest BCUT2D eigenvalue weighted by Gasteiger charge is -2.24. The summed E-state index contributed by atoms with van der Waals surface area (Å²) in [6.07, 6.45) is 2.44. The summed E-state index contributed by atoms with van der Waals surface area (Å²) in [4.78, 5) is 0. The molecule has 308 valence electrons. The topological polar surface area (TPSA) is 43.4 Å². The van der Waals surface area contributed by atoms with Crippen molar-refractivity contribution in [2.45, 2.75) is 0 Å². The largest absolute Gasteiger partial charge is 0.305 e. The van der Waals surface area contributed by atoms with Gasteiger partial charge in [0.15, 0.2) is 5.82 Å². The van der Waals surface area contributed by atoms with Gasteiger partial charge in [0.05, 0.1) is 33.1 Å². The van der Waals surface area contributed by atoms with Crippen LogP contribution in [-0.2, 0) is 0 Å². The van der Waals surface area contributed by atoms with Gasteiger partial charge in [0.1, 0.15) is 5.70 Å². The molecule has 66 heavy (non-hydrogen) atoms. The summed E-state index contributed by atoms with van der Waals surface area (Å²) in [5, 5.41) is 15.2. The molecule has 0 spiro atoms. The van der Waals surface area contributed by atoms with E-state index in [1.807, 2.05) is 34.0 Å². The zero-order valence-corrected chi connectivity index (χ0v) is 37.5. The number of benzene rings is 9. The van der Waals surface area contributed by atoms with Crippen molar-refractivity contribution in [1.82, 2.24) is 19.1 Å². The Morgan fingerprint density at radius 1 is 0.303 bits per heavy atom. The van der Waals surface area contributed by atoms with Crippen LogP contribution in [0.2, 0.25) is 0 Å². The molecule has 0 fully saturated rings. The zero-order valence-electron chi connectivity index (χ0n) is 35.0. The number of rotatable bonds is 3. The molecule has 8 heteroatoms. The van der Waals surface area contributed by atoms with E-state index in [4.69, 9.17) is 0 Å². The first kappa shape index (κ1) is 35.6. The van der Waals surface area contributed by atoms with E-state index in [0.29, 0.717) is 0 Å². The molecule has 5 nitrogen and oxygen atoms in total. The number of aromatic nitrogens is 3. The van der Waals surface area contributed by atoms with Gasteiger partial charge in [-0.25, -0.2) is 5.43 Å². The van der Waals surface area contributed by atoms with E-state index in [9.17, 15) is 0 Å². The maximum Gasteiger partial charge on any atom is 0.236 e. The van der Waals surface area contributed by atoms with E-state index in [-0.39, 0.29) is 0 Å². The van der Waals surface area contributed by atoms with E-state index >= 15 is 0 Å². The summed E-state index contributed by atoms with van der Waals surface area (Å²) >= 11 is 5.64. The highest BCUT2D eigenvalue weighted by Crippen LogP contribution is 2.46. The lowest BCUT2D eigenvalue weighted by atomic mass is 10.1. The van der Waals surface area contributed by atoms with Crippen LogP contribution in [0.15, 0.2) is 188 Å². The quantitative estimate of drug-likeness (QED) is 0.171. The summed E-state index contributed by atoms with van der Waals surface area (Å²) in [6.45, 7) is 0.